The molecule has 3 unspecified atom stereocenters. The van der Waals surface area contributed by atoms with E-state index < -0.39 is 0 Å². The van der Waals surface area contributed by atoms with Gasteiger partial charge in [-0.05, 0) is 86.4 Å². The molecule has 0 amide bonds. The molecule has 4 bridgehead atoms. The first-order valence-corrected chi connectivity index (χ1v) is 9.14. The SMILES string of the molecule is CC1CCCC(C(NN)C23CC4CC(CC(C4)C2)C3)C1. The van der Waals surface area contributed by atoms with Gasteiger partial charge in [-0.15, -0.1) is 0 Å². The van der Waals surface area contributed by atoms with E-state index in [1.165, 1.54) is 64.2 Å². The topological polar surface area (TPSA) is 38.0 Å². The van der Waals surface area contributed by atoms with Crippen molar-refractivity contribution in [2.24, 2.45) is 40.8 Å². The molecule has 114 valence electrons. The van der Waals surface area contributed by atoms with Crippen LogP contribution >= 0.6 is 0 Å². The molecule has 0 saturated heterocycles. The van der Waals surface area contributed by atoms with E-state index in [0.717, 1.165) is 29.6 Å². The lowest BCUT2D eigenvalue weighted by Gasteiger charge is -2.61. The number of rotatable bonds is 3. The summed E-state index contributed by atoms with van der Waals surface area (Å²) in [6, 6.07) is 0.610. The Morgan fingerprint density at radius 1 is 0.950 bits per heavy atom. The second-order valence-electron chi connectivity index (χ2n) is 8.96. The lowest BCUT2D eigenvalue weighted by Crippen LogP contribution is -2.60. The van der Waals surface area contributed by atoms with Crippen LogP contribution in [-0.2, 0) is 0 Å². The molecule has 0 heterocycles. The van der Waals surface area contributed by atoms with Crippen LogP contribution in [0.3, 0.4) is 0 Å². The van der Waals surface area contributed by atoms with Crippen LogP contribution in [0.4, 0.5) is 0 Å². The van der Waals surface area contributed by atoms with Gasteiger partial charge in [0.15, 0.2) is 0 Å². The van der Waals surface area contributed by atoms with E-state index in [4.69, 9.17) is 5.84 Å². The van der Waals surface area contributed by atoms with E-state index in [-0.39, 0.29) is 0 Å². The summed E-state index contributed by atoms with van der Waals surface area (Å²) < 4.78 is 0. The van der Waals surface area contributed by atoms with Gasteiger partial charge in [0.25, 0.3) is 0 Å². The average molecular weight is 276 g/mol. The highest BCUT2D eigenvalue weighted by atomic mass is 15.2. The Labute approximate surface area is 124 Å². The number of hydrazine groups is 1. The smallest absolute Gasteiger partial charge is 0.0295 e. The van der Waals surface area contributed by atoms with Gasteiger partial charge < -0.3 is 0 Å². The van der Waals surface area contributed by atoms with Gasteiger partial charge in [0, 0.05) is 6.04 Å². The first-order valence-electron chi connectivity index (χ1n) is 9.14. The van der Waals surface area contributed by atoms with Crippen LogP contribution in [0.1, 0.15) is 71.1 Å². The summed E-state index contributed by atoms with van der Waals surface area (Å²) in [4.78, 5) is 0. The van der Waals surface area contributed by atoms with E-state index in [0.29, 0.717) is 11.5 Å². The third kappa shape index (κ3) is 2.14. The maximum Gasteiger partial charge on any atom is 0.0295 e. The Balaban J connectivity index is 1.57. The van der Waals surface area contributed by atoms with Crippen LogP contribution in [-0.4, -0.2) is 6.04 Å². The number of nitrogens with one attached hydrogen (secondary N) is 1. The van der Waals surface area contributed by atoms with Crippen molar-refractivity contribution in [1.29, 1.82) is 0 Å². The largest absolute Gasteiger partial charge is 0.271 e. The van der Waals surface area contributed by atoms with Gasteiger partial charge in [-0.2, -0.15) is 0 Å². The highest BCUT2D eigenvalue weighted by molar-refractivity contribution is 5.07. The summed E-state index contributed by atoms with van der Waals surface area (Å²) in [5.41, 5.74) is 3.92. The fourth-order valence-electron chi connectivity index (χ4n) is 7.16. The highest BCUT2D eigenvalue weighted by Gasteiger charge is 2.55. The summed E-state index contributed by atoms with van der Waals surface area (Å²) in [5.74, 6) is 11.0. The monoisotopic (exact) mass is 276 g/mol. The van der Waals surface area contributed by atoms with Gasteiger partial charge in [-0.1, -0.05) is 19.8 Å². The van der Waals surface area contributed by atoms with Crippen molar-refractivity contribution < 1.29 is 0 Å². The van der Waals surface area contributed by atoms with Gasteiger partial charge >= 0.3 is 0 Å². The molecule has 3 N–H and O–H groups in total. The molecule has 0 aliphatic heterocycles. The minimum atomic E-state index is 0.575. The predicted octanol–water partition coefficient (Wildman–Crippen LogP) is 3.86. The van der Waals surface area contributed by atoms with Crippen molar-refractivity contribution in [3.63, 3.8) is 0 Å². The molecule has 5 fully saturated rings. The summed E-state index contributed by atoms with van der Waals surface area (Å²) >= 11 is 0. The van der Waals surface area contributed by atoms with Crippen LogP contribution in [0.5, 0.6) is 0 Å². The van der Waals surface area contributed by atoms with Crippen molar-refractivity contribution in [1.82, 2.24) is 5.43 Å². The number of hydrogen-bond acceptors (Lipinski definition) is 2. The zero-order chi connectivity index (χ0) is 13.7. The molecule has 0 radical (unpaired) electrons. The van der Waals surface area contributed by atoms with E-state index in [2.05, 4.69) is 12.3 Å². The van der Waals surface area contributed by atoms with Crippen LogP contribution in [0.25, 0.3) is 0 Å². The van der Waals surface area contributed by atoms with Gasteiger partial charge in [0.05, 0.1) is 0 Å². The number of hydrogen-bond donors (Lipinski definition) is 2. The van der Waals surface area contributed by atoms with Crippen LogP contribution in [0, 0.1) is 35.0 Å². The van der Waals surface area contributed by atoms with E-state index in [1.807, 2.05) is 0 Å². The minimum absolute atomic E-state index is 0.575. The van der Waals surface area contributed by atoms with Crippen LogP contribution in [0.15, 0.2) is 0 Å². The van der Waals surface area contributed by atoms with Crippen molar-refractivity contribution in [3.05, 3.63) is 0 Å². The minimum Gasteiger partial charge on any atom is -0.271 e. The summed E-state index contributed by atoms with van der Waals surface area (Å²) in [5, 5.41) is 0. The van der Waals surface area contributed by atoms with Gasteiger partial charge in [0.2, 0.25) is 0 Å². The molecule has 0 aromatic rings. The summed E-state index contributed by atoms with van der Waals surface area (Å²) in [6.45, 7) is 2.44. The van der Waals surface area contributed by atoms with E-state index in [1.54, 1.807) is 0 Å². The quantitative estimate of drug-likeness (QED) is 0.607. The Hall–Kier alpha value is -0.0800. The summed E-state index contributed by atoms with van der Waals surface area (Å²) in [7, 11) is 0. The summed E-state index contributed by atoms with van der Waals surface area (Å²) in [6.07, 6.45) is 14.8. The molecule has 5 saturated carbocycles. The molecule has 2 nitrogen and oxygen atoms in total. The van der Waals surface area contributed by atoms with Crippen molar-refractivity contribution >= 4 is 0 Å². The molecule has 20 heavy (non-hydrogen) atoms. The first-order chi connectivity index (χ1) is 9.68. The molecule has 5 aliphatic rings. The first kappa shape index (κ1) is 13.6. The lowest BCUT2D eigenvalue weighted by atomic mass is 9.46. The third-order valence-electron chi connectivity index (χ3n) is 7.37. The Morgan fingerprint density at radius 2 is 1.55 bits per heavy atom. The van der Waals surface area contributed by atoms with E-state index >= 15 is 0 Å². The highest BCUT2D eigenvalue weighted by Crippen LogP contribution is 2.62. The van der Waals surface area contributed by atoms with Crippen LogP contribution in [0.2, 0.25) is 0 Å². The van der Waals surface area contributed by atoms with Crippen molar-refractivity contribution in [3.8, 4) is 0 Å². The molecule has 5 aliphatic carbocycles. The molecule has 5 rings (SSSR count). The predicted molar refractivity (Wildman–Crippen MR) is 82.8 cm³/mol. The zero-order valence-corrected chi connectivity index (χ0v) is 13.1. The second kappa shape index (κ2) is 4.98. The zero-order valence-electron chi connectivity index (χ0n) is 13.1. The van der Waals surface area contributed by atoms with E-state index in [9.17, 15) is 0 Å². The van der Waals surface area contributed by atoms with Gasteiger partial charge in [-0.3, -0.25) is 11.3 Å². The Kier molecular flexibility index (Phi) is 3.38. The van der Waals surface area contributed by atoms with Gasteiger partial charge in [-0.25, -0.2) is 0 Å². The average Bonchev–Trinajstić information content (AvgIpc) is 2.37. The van der Waals surface area contributed by atoms with Crippen LogP contribution < -0.4 is 11.3 Å². The Morgan fingerprint density at radius 3 is 2.05 bits per heavy atom. The maximum atomic E-state index is 6.12. The fraction of sp³-hybridized carbons (Fsp3) is 1.00. The maximum absolute atomic E-state index is 6.12. The number of nitrogens with two attached hydrogens (primary N) is 1. The molecule has 0 spiro atoms. The normalized spacial score (nSPS) is 52.2. The van der Waals surface area contributed by atoms with Gasteiger partial charge in [0.1, 0.15) is 0 Å². The second-order valence-corrected chi connectivity index (χ2v) is 8.96. The lowest BCUT2D eigenvalue weighted by molar-refractivity contribution is -0.0893. The van der Waals surface area contributed by atoms with Crippen molar-refractivity contribution in [2.45, 2.75) is 77.2 Å². The van der Waals surface area contributed by atoms with Crippen molar-refractivity contribution in [2.75, 3.05) is 0 Å². The molecular weight excluding hydrogens is 244 g/mol. The molecule has 0 aromatic carbocycles. The standard InChI is InChI=1S/C18H32N2/c1-12-3-2-4-16(5-12)17(20-19)18-9-13-6-14(10-18)8-15(7-13)11-18/h12-17,20H,2-11,19H2,1H3. The Bertz CT molecular complexity index is 329. The molecule has 0 aromatic heterocycles. The third-order valence-corrected chi connectivity index (χ3v) is 7.37. The molecular formula is C18H32N2. The molecule has 3 atom stereocenters. The molecule has 2 heteroatoms. The fourth-order valence-corrected chi connectivity index (χ4v) is 7.16.